The first kappa shape index (κ1) is 18.2. The summed E-state index contributed by atoms with van der Waals surface area (Å²) in [6.45, 7) is 11.2. The highest BCUT2D eigenvalue weighted by atomic mass is 16.6. The molecule has 2 N–H and O–H groups in total. The molecule has 21 heavy (non-hydrogen) atoms. The zero-order valence-electron chi connectivity index (χ0n) is 14.2. The van der Waals surface area contributed by atoms with Crippen molar-refractivity contribution in [3.63, 3.8) is 0 Å². The van der Waals surface area contributed by atoms with Crippen LogP contribution in [-0.4, -0.2) is 53.0 Å². The van der Waals surface area contributed by atoms with E-state index < -0.39 is 5.60 Å². The summed E-state index contributed by atoms with van der Waals surface area (Å²) in [4.78, 5) is 14.1. The standard InChI is InChI=1S/C16H32N2O3/c1-6-14(19)11-17-12(2)10-13-8-7-9-18(13)15(20)21-16(3,4)5/h12-14,17,19H,6-11H2,1-5H3. The fourth-order valence-corrected chi connectivity index (χ4v) is 2.61. The van der Waals surface area contributed by atoms with Gasteiger partial charge in [0.05, 0.1) is 6.10 Å². The van der Waals surface area contributed by atoms with E-state index in [4.69, 9.17) is 4.74 Å². The molecule has 3 atom stereocenters. The molecule has 0 saturated carbocycles. The molecular weight excluding hydrogens is 268 g/mol. The van der Waals surface area contributed by atoms with Crippen molar-refractivity contribution in [3.05, 3.63) is 0 Å². The van der Waals surface area contributed by atoms with E-state index in [0.717, 1.165) is 32.2 Å². The largest absolute Gasteiger partial charge is 0.444 e. The average Bonchev–Trinajstić information content (AvgIpc) is 2.82. The first-order valence-corrected chi connectivity index (χ1v) is 8.14. The summed E-state index contributed by atoms with van der Waals surface area (Å²) in [6, 6.07) is 0.514. The second kappa shape index (κ2) is 7.99. The van der Waals surface area contributed by atoms with Gasteiger partial charge in [0.2, 0.25) is 0 Å². The molecule has 3 unspecified atom stereocenters. The molecule has 0 aliphatic carbocycles. The molecule has 0 aromatic rings. The summed E-state index contributed by atoms with van der Waals surface area (Å²) in [5.41, 5.74) is -0.445. The van der Waals surface area contributed by atoms with Crippen LogP contribution in [0.1, 0.15) is 60.3 Å². The van der Waals surface area contributed by atoms with Crippen molar-refractivity contribution in [1.82, 2.24) is 10.2 Å². The van der Waals surface area contributed by atoms with Crippen molar-refractivity contribution >= 4 is 6.09 Å². The maximum atomic E-state index is 12.2. The zero-order chi connectivity index (χ0) is 16.0. The lowest BCUT2D eigenvalue weighted by molar-refractivity contribution is 0.0213. The smallest absolute Gasteiger partial charge is 0.410 e. The Morgan fingerprint density at radius 1 is 1.48 bits per heavy atom. The van der Waals surface area contributed by atoms with E-state index in [2.05, 4.69) is 12.2 Å². The number of hydrogen-bond donors (Lipinski definition) is 2. The second-order valence-electron chi connectivity index (χ2n) is 7.08. The third kappa shape index (κ3) is 6.66. The van der Waals surface area contributed by atoms with E-state index >= 15 is 0 Å². The molecule has 1 aliphatic rings. The quantitative estimate of drug-likeness (QED) is 0.791. The second-order valence-corrected chi connectivity index (χ2v) is 7.08. The third-order valence-electron chi connectivity index (χ3n) is 3.80. The van der Waals surface area contributed by atoms with Gasteiger partial charge in [0.1, 0.15) is 5.60 Å². The Balaban J connectivity index is 2.44. The Morgan fingerprint density at radius 3 is 2.71 bits per heavy atom. The van der Waals surface area contributed by atoms with Crippen molar-refractivity contribution in [2.24, 2.45) is 0 Å². The summed E-state index contributed by atoms with van der Waals surface area (Å²) in [5, 5.41) is 12.9. The van der Waals surface area contributed by atoms with E-state index in [9.17, 15) is 9.90 Å². The fourth-order valence-electron chi connectivity index (χ4n) is 2.61. The van der Waals surface area contributed by atoms with Gasteiger partial charge in [-0.25, -0.2) is 4.79 Å². The van der Waals surface area contributed by atoms with Crippen LogP contribution in [0.25, 0.3) is 0 Å². The number of ether oxygens (including phenoxy) is 1. The van der Waals surface area contributed by atoms with Crippen molar-refractivity contribution in [2.75, 3.05) is 13.1 Å². The molecule has 0 spiro atoms. The summed E-state index contributed by atoms with van der Waals surface area (Å²) in [7, 11) is 0. The highest BCUT2D eigenvalue weighted by Gasteiger charge is 2.32. The predicted molar refractivity (Wildman–Crippen MR) is 84.3 cm³/mol. The first-order chi connectivity index (χ1) is 9.73. The van der Waals surface area contributed by atoms with Crippen LogP contribution < -0.4 is 5.32 Å². The lowest BCUT2D eigenvalue weighted by atomic mass is 10.1. The molecule has 1 heterocycles. The SMILES string of the molecule is CCC(O)CNC(C)CC1CCCN1C(=O)OC(C)(C)C. The van der Waals surface area contributed by atoms with Gasteiger partial charge in [-0.1, -0.05) is 6.92 Å². The molecule has 0 aromatic carbocycles. The van der Waals surface area contributed by atoms with Gasteiger partial charge in [0.25, 0.3) is 0 Å². The summed E-state index contributed by atoms with van der Waals surface area (Å²) >= 11 is 0. The minimum Gasteiger partial charge on any atom is -0.444 e. The van der Waals surface area contributed by atoms with E-state index in [1.165, 1.54) is 0 Å². The van der Waals surface area contributed by atoms with Gasteiger partial charge >= 0.3 is 6.09 Å². The van der Waals surface area contributed by atoms with Crippen LogP contribution >= 0.6 is 0 Å². The highest BCUT2D eigenvalue weighted by Crippen LogP contribution is 2.24. The molecule has 1 saturated heterocycles. The molecule has 5 heteroatoms. The fraction of sp³-hybridized carbons (Fsp3) is 0.938. The number of carbonyl (C=O) groups excluding carboxylic acids is 1. The van der Waals surface area contributed by atoms with Crippen LogP contribution in [0, 0.1) is 0 Å². The molecule has 1 aliphatic heterocycles. The maximum Gasteiger partial charge on any atom is 0.410 e. The summed E-state index contributed by atoms with van der Waals surface area (Å²) in [6.07, 6.45) is 3.22. The minimum atomic E-state index is -0.445. The topological polar surface area (TPSA) is 61.8 Å². The van der Waals surface area contributed by atoms with Crippen LogP contribution in [0.2, 0.25) is 0 Å². The molecular formula is C16H32N2O3. The van der Waals surface area contributed by atoms with E-state index in [1.54, 1.807) is 0 Å². The lowest BCUT2D eigenvalue weighted by Crippen LogP contribution is -2.43. The summed E-state index contributed by atoms with van der Waals surface area (Å²) < 4.78 is 5.48. The maximum absolute atomic E-state index is 12.2. The number of hydrogen-bond acceptors (Lipinski definition) is 4. The van der Waals surface area contributed by atoms with Gasteiger partial charge < -0.3 is 20.1 Å². The molecule has 0 radical (unpaired) electrons. The Labute approximate surface area is 129 Å². The van der Waals surface area contributed by atoms with Gasteiger partial charge in [-0.15, -0.1) is 0 Å². The number of nitrogens with one attached hydrogen (secondary N) is 1. The van der Waals surface area contributed by atoms with Crippen molar-refractivity contribution in [1.29, 1.82) is 0 Å². The number of likely N-dealkylation sites (tertiary alicyclic amines) is 1. The van der Waals surface area contributed by atoms with Crippen LogP contribution in [0.4, 0.5) is 4.79 Å². The Kier molecular flexibility index (Phi) is 6.94. The number of rotatable bonds is 6. The van der Waals surface area contributed by atoms with Crippen molar-refractivity contribution in [2.45, 2.75) is 84.1 Å². The Morgan fingerprint density at radius 2 is 2.14 bits per heavy atom. The van der Waals surface area contributed by atoms with Crippen molar-refractivity contribution in [3.8, 4) is 0 Å². The molecule has 1 amide bonds. The monoisotopic (exact) mass is 300 g/mol. The molecule has 1 fully saturated rings. The Hall–Kier alpha value is -0.810. The van der Waals surface area contributed by atoms with Crippen molar-refractivity contribution < 1.29 is 14.6 Å². The van der Waals surface area contributed by atoms with Crippen LogP contribution in [0.5, 0.6) is 0 Å². The van der Waals surface area contributed by atoms with E-state index in [-0.39, 0.29) is 24.3 Å². The highest BCUT2D eigenvalue weighted by molar-refractivity contribution is 5.68. The van der Waals surface area contributed by atoms with Crippen LogP contribution in [0.3, 0.4) is 0 Å². The van der Waals surface area contributed by atoms with Gasteiger partial charge in [-0.2, -0.15) is 0 Å². The number of amides is 1. The number of aliphatic hydroxyl groups is 1. The number of carbonyl (C=O) groups is 1. The van der Waals surface area contributed by atoms with Gasteiger partial charge in [-0.3, -0.25) is 0 Å². The normalized spacial score (nSPS) is 22.2. The first-order valence-electron chi connectivity index (χ1n) is 8.14. The average molecular weight is 300 g/mol. The van der Waals surface area contributed by atoms with E-state index in [1.807, 2.05) is 32.6 Å². The van der Waals surface area contributed by atoms with Gasteiger partial charge in [0.15, 0.2) is 0 Å². The molecule has 124 valence electrons. The van der Waals surface area contributed by atoms with Gasteiger partial charge in [0, 0.05) is 25.2 Å². The Bertz CT molecular complexity index is 328. The third-order valence-corrected chi connectivity index (χ3v) is 3.80. The predicted octanol–water partition coefficient (Wildman–Crippen LogP) is 2.53. The molecule has 5 nitrogen and oxygen atoms in total. The number of nitrogens with zero attached hydrogens (tertiary/aromatic N) is 1. The summed E-state index contributed by atoms with van der Waals surface area (Å²) in [5.74, 6) is 0. The molecule has 1 rings (SSSR count). The zero-order valence-corrected chi connectivity index (χ0v) is 14.2. The molecule has 0 aromatic heterocycles. The van der Waals surface area contributed by atoms with Crippen LogP contribution in [-0.2, 0) is 4.74 Å². The van der Waals surface area contributed by atoms with Crippen LogP contribution in [0.15, 0.2) is 0 Å². The minimum absolute atomic E-state index is 0.203. The lowest BCUT2D eigenvalue weighted by Gasteiger charge is -2.30. The van der Waals surface area contributed by atoms with E-state index in [0.29, 0.717) is 6.54 Å². The number of aliphatic hydroxyl groups excluding tert-OH is 1. The van der Waals surface area contributed by atoms with Gasteiger partial charge in [-0.05, 0) is 53.4 Å². The molecule has 0 bridgehead atoms.